The Morgan fingerprint density at radius 3 is 2.85 bits per heavy atom. The highest BCUT2D eigenvalue weighted by molar-refractivity contribution is 7.09. The molecule has 2 aromatic rings. The molecule has 1 fully saturated rings. The van der Waals surface area contributed by atoms with Crippen LogP contribution in [0.4, 0.5) is 0 Å². The van der Waals surface area contributed by atoms with Gasteiger partial charge in [0.05, 0.1) is 5.01 Å². The molecule has 0 bridgehead atoms. The fourth-order valence-corrected chi connectivity index (χ4v) is 4.92. The first-order valence-electron chi connectivity index (χ1n) is 9.92. The largest absolute Gasteiger partial charge is 0.337 e. The molecule has 4 heterocycles. The first kappa shape index (κ1) is 17.6. The number of amides is 1. The summed E-state index contributed by atoms with van der Waals surface area (Å²) in [7, 11) is 0. The summed E-state index contributed by atoms with van der Waals surface area (Å²) < 4.78 is 2.35. The van der Waals surface area contributed by atoms with Gasteiger partial charge in [0.15, 0.2) is 0 Å². The Hall–Kier alpha value is -1.76. The lowest BCUT2D eigenvalue weighted by Gasteiger charge is -2.31. The smallest absolute Gasteiger partial charge is 0.273 e. The molecular formula is C19H27N5OS. The minimum Gasteiger partial charge on any atom is -0.337 e. The number of fused-ring (bicyclic) bond motifs is 1. The van der Waals surface area contributed by atoms with Crippen molar-refractivity contribution in [2.75, 3.05) is 13.1 Å². The van der Waals surface area contributed by atoms with Crippen LogP contribution < -0.4 is 0 Å². The van der Waals surface area contributed by atoms with Gasteiger partial charge >= 0.3 is 0 Å². The van der Waals surface area contributed by atoms with E-state index in [9.17, 15) is 4.79 Å². The van der Waals surface area contributed by atoms with E-state index >= 15 is 0 Å². The fourth-order valence-electron chi connectivity index (χ4n) is 4.05. The van der Waals surface area contributed by atoms with E-state index in [1.54, 1.807) is 11.3 Å². The lowest BCUT2D eigenvalue weighted by atomic mass is 9.95. The Labute approximate surface area is 158 Å². The lowest BCUT2D eigenvalue weighted by molar-refractivity contribution is 0.0705. The molecule has 0 radical (unpaired) electrons. The molecule has 0 atom stereocenters. The minimum absolute atomic E-state index is 0.0853. The predicted octanol–water partition coefficient (Wildman–Crippen LogP) is 3.43. The highest BCUT2D eigenvalue weighted by Gasteiger charge is 2.29. The summed E-state index contributed by atoms with van der Waals surface area (Å²) in [6.07, 6.45) is 8.73. The summed E-state index contributed by atoms with van der Waals surface area (Å²) >= 11 is 1.60. The summed E-state index contributed by atoms with van der Waals surface area (Å²) in [5, 5.41) is 11.9. The van der Waals surface area contributed by atoms with Crippen LogP contribution >= 0.6 is 11.3 Å². The average molecular weight is 374 g/mol. The van der Waals surface area contributed by atoms with Crippen molar-refractivity contribution in [3.8, 4) is 0 Å². The number of piperidine rings is 1. The molecule has 0 N–H and O–H groups in total. The minimum atomic E-state index is 0.0853. The fraction of sp³-hybridized carbons (Fsp3) is 0.684. The van der Waals surface area contributed by atoms with Gasteiger partial charge < -0.3 is 9.47 Å². The number of likely N-dealkylation sites (tertiary alicyclic amines) is 1. The van der Waals surface area contributed by atoms with E-state index in [-0.39, 0.29) is 5.91 Å². The van der Waals surface area contributed by atoms with E-state index < -0.39 is 0 Å². The number of carbonyl (C=O) groups excluding carboxylic acids is 1. The Morgan fingerprint density at radius 2 is 2.04 bits per heavy atom. The van der Waals surface area contributed by atoms with Gasteiger partial charge in [0.1, 0.15) is 17.3 Å². The van der Waals surface area contributed by atoms with Crippen LogP contribution in [0.15, 0.2) is 5.38 Å². The van der Waals surface area contributed by atoms with Crippen LogP contribution in [0, 0.1) is 0 Å². The van der Waals surface area contributed by atoms with E-state index in [2.05, 4.69) is 26.7 Å². The van der Waals surface area contributed by atoms with Gasteiger partial charge in [-0.05, 0) is 38.5 Å². The number of rotatable bonds is 4. The SMILES string of the molecule is CCCc1nc(C(=O)N2CCC(c3nnc4n3CCCCC4)CC2)cs1. The summed E-state index contributed by atoms with van der Waals surface area (Å²) in [5.74, 6) is 2.81. The molecule has 2 aromatic heterocycles. The molecule has 0 unspecified atom stereocenters. The maximum atomic E-state index is 12.7. The number of aromatic nitrogens is 4. The van der Waals surface area contributed by atoms with Gasteiger partial charge in [0, 0.05) is 37.4 Å². The van der Waals surface area contributed by atoms with Crippen LogP contribution in [0.5, 0.6) is 0 Å². The van der Waals surface area contributed by atoms with Crippen LogP contribution in [0.3, 0.4) is 0 Å². The molecule has 0 aliphatic carbocycles. The highest BCUT2D eigenvalue weighted by atomic mass is 32.1. The lowest BCUT2D eigenvalue weighted by Crippen LogP contribution is -2.38. The number of aryl methyl sites for hydroxylation is 2. The normalized spacial score (nSPS) is 18.6. The Balaban J connectivity index is 1.39. The Bertz CT molecular complexity index is 760. The third-order valence-electron chi connectivity index (χ3n) is 5.52. The summed E-state index contributed by atoms with van der Waals surface area (Å²) in [6.45, 7) is 4.76. The van der Waals surface area contributed by atoms with E-state index in [1.807, 2.05) is 10.3 Å². The Kier molecular flexibility index (Phi) is 5.33. The molecule has 0 aromatic carbocycles. The molecule has 2 aliphatic heterocycles. The maximum absolute atomic E-state index is 12.7. The first-order valence-corrected chi connectivity index (χ1v) is 10.8. The van der Waals surface area contributed by atoms with Gasteiger partial charge in [-0.2, -0.15) is 0 Å². The molecule has 4 rings (SSSR count). The van der Waals surface area contributed by atoms with Crippen LogP contribution in [0.25, 0.3) is 0 Å². The van der Waals surface area contributed by atoms with Crippen molar-refractivity contribution >= 4 is 17.2 Å². The maximum Gasteiger partial charge on any atom is 0.273 e. The highest BCUT2D eigenvalue weighted by Crippen LogP contribution is 2.29. The van der Waals surface area contributed by atoms with Crippen molar-refractivity contribution in [1.82, 2.24) is 24.6 Å². The van der Waals surface area contributed by atoms with Crippen LogP contribution in [0.1, 0.15) is 78.5 Å². The van der Waals surface area contributed by atoms with E-state index in [1.165, 1.54) is 19.3 Å². The molecule has 1 amide bonds. The number of hydrogen-bond acceptors (Lipinski definition) is 5. The Morgan fingerprint density at radius 1 is 1.19 bits per heavy atom. The first-order chi connectivity index (χ1) is 12.8. The number of thiazole rings is 1. The van der Waals surface area contributed by atoms with Gasteiger partial charge in [0.25, 0.3) is 5.91 Å². The van der Waals surface area contributed by atoms with Crippen molar-refractivity contribution in [2.45, 2.75) is 70.8 Å². The van der Waals surface area contributed by atoms with Crippen LogP contribution in [-0.4, -0.2) is 43.6 Å². The van der Waals surface area contributed by atoms with Crippen LogP contribution in [0.2, 0.25) is 0 Å². The number of hydrogen-bond donors (Lipinski definition) is 0. The summed E-state index contributed by atoms with van der Waals surface area (Å²) in [6, 6.07) is 0. The van der Waals surface area contributed by atoms with Crippen LogP contribution in [-0.2, 0) is 19.4 Å². The quantitative estimate of drug-likeness (QED) is 0.824. The van der Waals surface area contributed by atoms with Gasteiger partial charge in [-0.25, -0.2) is 4.98 Å². The molecule has 0 saturated carbocycles. The van der Waals surface area contributed by atoms with Crippen molar-refractivity contribution in [3.63, 3.8) is 0 Å². The van der Waals surface area contributed by atoms with Crippen molar-refractivity contribution in [1.29, 1.82) is 0 Å². The number of nitrogens with zero attached hydrogens (tertiary/aromatic N) is 5. The van der Waals surface area contributed by atoms with Gasteiger partial charge in [-0.1, -0.05) is 13.3 Å². The second kappa shape index (κ2) is 7.86. The van der Waals surface area contributed by atoms with E-state index in [0.717, 1.165) is 68.4 Å². The molecule has 1 saturated heterocycles. The van der Waals surface area contributed by atoms with E-state index in [4.69, 9.17) is 0 Å². The third-order valence-corrected chi connectivity index (χ3v) is 6.43. The molecule has 26 heavy (non-hydrogen) atoms. The molecule has 6 nitrogen and oxygen atoms in total. The standard InChI is InChI=1S/C19H27N5OS/c1-2-6-17-20-15(13-26-17)19(25)23-11-8-14(9-12-23)18-22-21-16-7-4-3-5-10-24(16)18/h13-14H,2-12H2,1H3. The molecule has 0 spiro atoms. The predicted molar refractivity (Wildman–Crippen MR) is 102 cm³/mol. The molecular weight excluding hydrogens is 346 g/mol. The van der Waals surface area contributed by atoms with Gasteiger partial charge in [0.2, 0.25) is 0 Å². The van der Waals surface area contributed by atoms with Gasteiger partial charge in [-0.15, -0.1) is 21.5 Å². The zero-order valence-corrected chi connectivity index (χ0v) is 16.3. The molecule has 7 heteroatoms. The number of carbonyl (C=O) groups is 1. The third kappa shape index (κ3) is 3.54. The zero-order valence-electron chi connectivity index (χ0n) is 15.5. The van der Waals surface area contributed by atoms with Gasteiger partial charge in [-0.3, -0.25) is 4.79 Å². The van der Waals surface area contributed by atoms with Crippen molar-refractivity contribution in [2.24, 2.45) is 0 Å². The average Bonchev–Trinajstić information content (AvgIpc) is 3.23. The van der Waals surface area contributed by atoms with Crippen molar-refractivity contribution in [3.05, 3.63) is 27.7 Å². The summed E-state index contributed by atoms with van der Waals surface area (Å²) in [4.78, 5) is 19.2. The van der Waals surface area contributed by atoms with Crippen molar-refractivity contribution < 1.29 is 4.79 Å². The second-order valence-electron chi connectivity index (χ2n) is 7.38. The van der Waals surface area contributed by atoms with E-state index in [0.29, 0.717) is 11.6 Å². The second-order valence-corrected chi connectivity index (χ2v) is 8.32. The molecule has 2 aliphatic rings. The summed E-state index contributed by atoms with van der Waals surface area (Å²) in [5.41, 5.74) is 0.619. The zero-order chi connectivity index (χ0) is 17.9. The monoisotopic (exact) mass is 373 g/mol. The topological polar surface area (TPSA) is 63.9 Å². The molecule has 140 valence electrons.